The number of nitrogens with zero attached hydrogens (tertiary/aromatic N) is 3. The van der Waals surface area contributed by atoms with Crippen molar-refractivity contribution in [3.63, 3.8) is 0 Å². The molecular formula is C27H26FN3O3. The van der Waals surface area contributed by atoms with Crippen LogP contribution in [0.3, 0.4) is 0 Å². The fourth-order valence-electron chi connectivity index (χ4n) is 4.41. The zero-order valence-electron chi connectivity index (χ0n) is 18.9. The van der Waals surface area contributed by atoms with Crippen LogP contribution >= 0.6 is 0 Å². The Hall–Kier alpha value is -3.76. The lowest BCUT2D eigenvalue weighted by Gasteiger charge is -2.43. The van der Waals surface area contributed by atoms with E-state index in [1.165, 1.54) is 12.1 Å². The van der Waals surface area contributed by atoms with Crippen molar-refractivity contribution in [2.75, 3.05) is 13.2 Å². The first-order valence-corrected chi connectivity index (χ1v) is 11.3. The summed E-state index contributed by atoms with van der Waals surface area (Å²) in [6.07, 6.45) is 2.60. The molecule has 3 aromatic rings. The minimum atomic E-state index is -0.880. The molecule has 2 aromatic carbocycles. The molecule has 0 bridgehead atoms. The third-order valence-corrected chi connectivity index (χ3v) is 6.43. The molecule has 7 heteroatoms. The van der Waals surface area contributed by atoms with Crippen molar-refractivity contribution in [1.29, 1.82) is 5.26 Å². The summed E-state index contributed by atoms with van der Waals surface area (Å²) < 4.78 is 19.5. The molecule has 1 aliphatic rings. The van der Waals surface area contributed by atoms with Crippen molar-refractivity contribution in [3.05, 3.63) is 89.4 Å². The lowest BCUT2D eigenvalue weighted by Crippen LogP contribution is -2.48. The van der Waals surface area contributed by atoms with Crippen LogP contribution < -0.4 is 0 Å². The van der Waals surface area contributed by atoms with Crippen molar-refractivity contribution in [3.8, 4) is 17.3 Å². The van der Waals surface area contributed by atoms with E-state index in [4.69, 9.17) is 10.00 Å². The number of amides is 1. The average Bonchev–Trinajstić information content (AvgIpc) is 2.88. The summed E-state index contributed by atoms with van der Waals surface area (Å²) in [6, 6.07) is 19.2. The smallest absolute Gasteiger partial charge is 0.411 e. The summed E-state index contributed by atoms with van der Waals surface area (Å²) in [6.45, 7) is 2.41. The minimum Gasteiger partial charge on any atom is -0.438 e. The summed E-state index contributed by atoms with van der Waals surface area (Å²) in [5.41, 5.74) is 3.01. The number of halogens is 1. The van der Waals surface area contributed by atoms with Crippen molar-refractivity contribution < 1.29 is 19.0 Å². The summed E-state index contributed by atoms with van der Waals surface area (Å²) in [5.74, 6) is -0.349. The van der Waals surface area contributed by atoms with Crippen LogP contribution in [0.15, 0.2) is 66.9 Å². The van der Waals surface area contributed by atoms with E-state index in [1.54, 1.807) is 35.4 Å². The number of hydrogen-bond acceptors (Lipinski definition) is 5. The third kappa shape index (κ3) is 4.78. The van der Waals surface area contributed by atoms with Gasteiger partial charge >= 0.3 is 6.09 Å². The number of rotatable bonds is 7. The van der Waals surface area contributed by atoms with E-state index >= 15 is 0 Å². The fraction of sp³-hybridized carbons (Fsp3) is 0.296. The lowest BCUT2D eigenvalue weighted by molar-refractivity contribution is -0.0680. The number of carbonyl (C=O) groups is 1. The molecule has 0 saturated carbocycles. The number of carbonyl (C=O) groups excluding carboxylic acids is 1. The van der Waals surface area contributed by atoms with E-state index in [0.29, 0.717) is 31.4 Å². The molecule has 0 spiro atoms. The largest absolute Gasteiger partial charge is 0.438 e. The number of nitriles is 1. The molecule has 0 unspecified atom stereocenters. The number of hydrogen-bond donors (Lipinski definition) is 1. The van der Waals surface area contributed by atoms with Gasteiger partial charge in [0, 0.05) is 31.3 Å². The molecule has 1 aromatic heterocycles. The average molecular weight is 460 g/mol. The summed E-state index contributed by atoms with van der Waals surface area (Å²) >= 11 is 0. The van der Waals surface area contributed by atoms with E-state index in [1.807, 2.05) is 31.2 Å². The number of ether oxygens (including phenoxy) is 1. The van der Waals surface area contributed by atoms with E-state index in [-0.39, 0.29) is 18.5 Å². The first-order chi connectivity index (χ1) is 16.5. The number of aliphatic hydroxyl groups excluding tert-OH is 1. The number of aliphatic hydroxyl groups is 1. The Kier molecular flexibility index (Phi) is 6.90. The van der Waals surface area contributed by atoms with Crippen molar-refractivity contribution in [2.24, 2.45) is 0 Å². The second-order valence-electron chi connectivity index (χ2n) is 8.48. The lowest BCUT2D eigenvalue weighted by atomic mass is 9.84. The van der Waals surface area contributed by atoms with Gasteiger partial charge in [-0.1, -0.05) is 36.4 Å². The van der Waals surface area contributed by atoms with Gasteiger partial charge in [-0.05, 0) is 55.2 Å². The van der Waals surface area contributed by atoms with Crippen LogP contribution in [-0.2, 0) is 10.3 Å². The molecule has 0 aliphatic carbocycles. The first-order valence-electron chi connectivity index (χ1n) is 11.3. The van der Waals surface area contributed by atoms with Crippen LogP contribution in [-0.4, -0.2) is 34.2 Å². The Morgan fingerprint density at radius 2 is 1.91 bits per heavy atom. The van der Waals surface area contributed by atoms with Gasteiger partial charge in [-0.3, -0.25) is 4.98 Å². The number of cyclic esters (lactones) is 1. The van der Waals surface area contributed by atoms with Crippen LogP contribution in [0.2, 0.25) is 0 Å². The van der Waals surface area contributed by atoms with Gasteiger partial charge < -0.3 is 14.7 Å². The highest BCUT2D eigenvalue weighted by Crippen LogP contribution is 2.40. The van der Waals surface area contributed by atoms with Crippen LogP contribution in [0, 0.1) is 17.1 Å². The van der Waals surface area contributed by atoms with E-state index in [9.17, 15) is 14.3 Å². The maximum atomic E-state index is 13.5. The minimum absolute atomic E-state index is 0.0128. The van der Waals surface area contributed by atoms with Gasteiger partial charge in [-0.2, -0.15) is 5.26 Å². The predicted molar refractivity (Wildman–Crippen MR) is 125 cm³/mol. The highest BCUT2D eigenvalue weighted by molar-refractivity contribution is 5.70. The zero-order valence-corrected chi connectivity index (χ0v) is 18.9. The first kappa shape index (κ1) is 23.4. The molecule has 1 fully saturated rings. The number of aromatic nitrogens is 1. The molecule has 0 radical (unpaired) electrons. The van der Waals surface area contributed by atoms with Crippen LogP contribution in [0.4, 0.5) is 9.18 Å². The standard InChI is InChI=1S/C27H26FN3O3/c1-19(21-4-6-22(7-5-21)25-12-3-20(17-29)18-30-25)31-15-14-27(13-2-16-32,34-26(31)33)23-8-10-24(28)11-9-23/h3-12,18-19,32H,2,13-16H2,1H3/t19-,27+/m0/s1. The van der Waals surface area contributed by atoms with E-state index < -0.39 is 11.7 Å². The van der Waals surface area contributed by atoms with Crippen LogP contribution in [0.1, 0.15) is 48.9 Å². The van der Waals surface area contributed by atoms with Gasteiger partial charge in [0.1, 0.15) is 17.5 Å². The van der Waals surface area contributed by atoms with Gasteiger partial charge in [0.2, 0.25) is 0 Å². The Labute approximate surface area is 198 Å². The van der Waals surface area contributed by atoms with E-state index in [0.717, 1.165) is 22.4 Å². The predicted octanol–water partition coefficient (Wildman–Crippen LogP) is 5.33. The van der Waals surface area contributed by atoms with Gasteiger partial charge in [0.05, 0.1) is 17.3 Å². The number of pyridine rings is 1. The Bertz CT molecular complexity index is 1170. The molecule has 1 aliphatic heterocycles. The van der Waals surface area contributed by atoms with Gasteiger partial charge in [0.25, 0.3) is 0 Å². The van der Waals surface area contributed by atoms with Crippen LogP contribution in [0.5, 0.6) is 0 Å². The highest BCUT2D eigenvalue weighted by atomic mass is 19.1. The van der Waals surface area contributed by atoms with Gasteiger partial charge in [-0.25, -0.2) is 9.18 Å². The molecular weight excluding hydrogens is 433 g/mol. The SMILES string of the molecule is C[C@@H](c1ccc(-c2ccc(C#N)cn2)cc1)N1CC[C@](CCCO)(c2ccc(F)cc2)OC1=O. The van der Waals surface area contributed by atoms with Crippen molar-refractivity contribution in [2.45, 2.75) is 37.8 Å². The monoisotopic (exact) mass is 459 g/mol. The summed E-state index contributed by atoms with van der Waals surface area (Å²) in [4.78, 5) is 19.1. The topological polar surface area (TPSA) is 86.5 Å². The summed E-state index contributed by atoms with van der Waals surface area (Å²) in [5, 5.41) is 18.3. The van der Waals surface area contributed by atoms with Gasteiger partial charge in [-0.15, -0.1) is 0 Å². The summed E-state index contributed by atoms with van der Waals surface area (Å²) in [7, 11) is 0. The Morgan fingerprint density at radius 1 is 1.18 bits per heavy atom. The molecule has 34 heavy (non-hydrogen) atoms. The quantitative estimate of drug-likeness (QED) is 0.516. The zero-order chi connectivity index (χ0) is 24.1. The Balaban J connectivity index is 1.50. The molecule has 4 rings (SSSR count). The molecule has 1 amide bonds. The van der Waals surface area contributed by atoms with Crippen molar-refractivity contribution in [1.82, 2.24) is 9.88 Å². The maximum absolute atomic E-state index is 13.5. The second kappa shape index (κ2) is 10.0. The molecule has 6 nitrogen and oxygen atoms in total. The normalized spacial score (nSPS) is 18.8. The van der Waals surface area contributed by atoms with E-state index in [2.05, 4.69) is 11.1 Å². The maximum Gasteiger partial charge on any atom is 0.411 e. The molecule has 1 saturated heterocycles. The molecule has 2 atom stereocenters. The number of benzene rings is 2. The third-order valence-electron chi connectivity index (χ3n) is 6.43. The molecule has 1 N–H and O–H groups in total. The Morgan fingerprint density at radius 3 is 2.50 bits per heavy atom. The fourth-order valence-corrected chi connectivity index (χ4v) is 4.41. The van der Waals surface area contributed by atoms with Crippen LogP contribution in [0.25, 0.3) is 11.3 Å². The second-order valence-corrected chi connectivity index (χ2v) is 8.48. The van der Waals surface area contributed by atoms with Crippen molar-refractivity contribution >= 4 is 6.09 Å². The molecule has 2 heterocycles. The highest BCUT2D eigenvalue weighted by Gasteiger charge is 2.43. The molecule has 174 valence electrons. The van der Waals surface area contributed by atoms with Gasteiger partial charge in [0.15, 0.2) is 0 Å².